The van der Waals surface area contributed by atoms with Crippen molar-refractivity contribution in [2.45, 2.75) is 30.7 Å². The lowest BCUT2D eigenvalue weighted by atomic mass is 9.76. The van der Waals surface area contributed by atoms with Crippen molar-refractivity contribution < 1.29 is 23.8 Å². The number of hydrogen-bond acceptors (Lipinski definition) is 6. The number of rotatable bonds is 6. The lowest BCUT2D eigenvalue weighted by molar-refractivity contribution is -0.144. The molecule has 4 aliphatic rings. The van der Waals surface area contributed by atoms with Crippen LogP contribution in [0, 0.1) is 11.8 Å². The predicted octanol–water partition coefficient (Wildman–Crippen LogP) is 0.880. The minimum atomic E-state index is -0.655. The van der Waals surface area contributed by atoms with E-state index in [1.165, 1.54) is 0 Å². The third-order valence-electron chi connectivity index (χ3n) is 6.72. The van der Waals surface area contributed by atoms with Gasteiger partial charge in [0.05, 0.1) is 37.3 Å². The SMILES string of the molecule is COCCN1CC23C=CC(O2)C(C(=O)N2CCC(Oc4cccnc4)CC2)C3C1=O. The highest BCUT2D eigenvalue weighted by Crippen LogP contribution is 2.52. The second-order valence-electron chi connectivity index (χ2n) is 8.48. The molecule has 2 amide bonds. The summed E-state index contributed by atoms with van der Waals surface area (Å²) in [5.74, 6) is -0.0827. The van der Waals surface area contributed by atoms with Crippen LogP contribution in [0.5, 0.6) is 5.75 Å². The van der Waals surface area contributed by atoms with Crippen molar-refractivity contribution in [3.05, 3.63) is 36.7 Å². The summed E-state index contributed by atoms with van der Waals surface area (Å²) in [6, 6.07) is 3.74. The lowest BCUT2D eigenvalue weighted by Crippen LogP contribution is -2.49. The Labute approximate surface area is 175 Å². The first kappa shape index (κ1) is 19.5. The number of piperidine rings is 1. The second kappa shape index (κ2) is 7.67. The van der Waals surface area contributed by atoms with Crippen LogP contribution in [0.4, 0.5) is 0 Å². The number of ether oxygens (including phenoxy) is 3. The Morgan fingerprint density at radius 3 is 2.93 bits per heavy atom. The lowest BCUT2D eigenvalue weighted by Gasteiger charge is -2.35. The van der Waals surface area contributed by atoms with Crippen molar-refractivity contribution in [3.63, 3.8) is 0 Å². The van der Waals surface area contributed by atoms with Crippen LogP contribution in [0.25, 0.3) is 0 Å². The molecule has 1 aromatic heterocycles. The van der Waals surface area contributed by atoms with E-state index in [2.05, 4.69) is 4.98 Å². The number of carbonyl (C=O) groups is 2. The zero-order valence-corrected chi connectivity index (χ0v) is 17.1. The topological polar surface area (TPSA) is 81.2 Å². The molecule has 2 bridgehead atoms. The van der Waals surface area contributed by atoms with Gasteiger partial charge < -0.3 is 24.0 Å². The van der Waals surface area contributed by atoms with Crippen LogP contribution in [-0.2, 0) is 19.1 Å². The van der Waals surface area contributed by atoms with Crippen LogP contribution in [-0.4, -0.2) is 84.3 Å². The highest BCUT2D eigenvalue weighted by Gasteiger charge is 2.67. The third-order valence-corrected chi connectivity index (χ3v) is 6.72. The number of amides is 2. The number of likely N-dealkylation sites (tertiary alicyclic amines) is 2. The van der Waals surface area contributed by atoms with Gasteiger partial charge in [-0.1, -0.05) is 12.2 Å². The van der Waals surface area contributed by atoms with E-state index in [0.717, 1.165) is 18.6 Å². The zero-order chi connectivity index (χ0) is 20.7. The summed E-state index contributed by atoms with van der Waals surface area (Å²) in [4.78, 5) is 34.2. The van der Waals surface area contributed by atoms with Gasteiger partial charge in [-0.2, -0.15) is 0 Å². The van der Waals surface area contributed by atoms with Crippen LogP contribution in [0.1, 0.15) is 12.8 Å². The fourth-order valence-corrected chi connectivity index (χ4v) is 5.27. The fraction of sp³-hybridized carbons (Fsp3) is 0.591. The molecule has 160 valence electrons. The summed E-state index contributed by atoms with van der Waals surface area (Å²) in [5, 5.41) is 0. The van der Waals surface area contributed by atoms with Crippen molar-refractivity contribution in [2.24, 2.45) is 11.8 Å². The minimum Gasteiger partial charge on any atom is -0.489 e. The van der Waals surface area contributed by atoms with E-state index < -0.39 is 17.4 Å². The maximum Gasteiger partial charge on any atom is 0.230 e. The minimum absolute atomic E-state index is 0.00652. The van der Waals surface area contributed by atoms with Gasteiger partial charge in [-0.3, -0.25) is 14.6 Å². The number of nitrogens with zero attached hydrogens (tertiary/aromatic N) is 3. The first-order valence-corrected chi connectivity index (χ1v) is 10.6. The summed E-state index contributed by atoms with van der Waals surface area (Å²) in [7, 11) is 1.62. The smallest absolute Gasteiger partial charge is 0.230 e. The van der Waals surface area contributed by atoms with Crippen LogP contribution in [0.2, 0.25) is 0 Å². The molecule has 8 nitrogen and oxygen atoms in total. The van der Waals surface area contributed by atoms with Crippen LogP contribution in [0.3, 0.4) is 0 Å². The molecule has 8 heteroatoms. The van der Waals surface area contributed by atoms with E-state index in [-0.39, 0.29) is 24.0 Å². The molecule has 4 aliphatic heterocycles. The largest absolute Gasteiger partial charge is 0.489 e. The molecule has 1 spiro atoms. The van der Waals surface area contributed by atoms with Gasteiger partial charge in [0.25, 0.3) is 0 Å². The van der Waals surface area contributed by atoms with Crippen molar-refractivity contribution in [1.29, 1.82) is 0 Å². The number of fused-ring (bicyclic) bond motifs is 1. The molecule has 4 atom stereocenters. The molecule has 0 aromatic carbocycles. The molecule has 4 unspecified atom stereocenters. The molecule has 0 saturated carbocycles. The maximum atomic E-state index is 13.4. The first-order chi connectivity index (χ1) is 14.6. The molecule has 3 saturated heterocycles. The number of pyridine rings is 1. The quantitative estimate of drug-likeness (QED) is 0.644. The molecule has 0 aliphatic carbocycles. The van der Waals surface area contributed by atoms with Crippen molar-refractivity contribution in [3.8, 4) is 5.75 Å². The molecular formula is C22H27N3O5. The van der Waals surface area contributed by atoms with Crippen molar-refractivity contribution >= 4 is 11.8 Å². The number of carbonyl (C=O) groups excluding carboxylic acids is 2. The maximum absolute atomic E-state index is 13.4. The van der Waals surface area contributed by atoms with E-state index in [9.17, 15) is 9.59 Å². The molecule has 0 radical (unpaired) electrons. The van der Waals surface area contributed by atoms with Crippen LogP contribution >= 0.6 is 0 Å². The molecule has 5 heterocycles. The highest BCUT2D eigenvalue weighted by molar-refractivity contribution is 5.93. The first-order valence-electron chi connectivity index (χ1n) is 10.6. The Kier molecular flexibility index (Phi) is 4.99. The summed E-state index contributed by atoms with van der Waals surface area (Å²) in [6.45, 7) is 2.74. The molecule has 30 heavy (non-hydrogen) atoms. The van der Waals surface area contributed by atoms with Gasteiger partial charge in [0.2, 0.25) is 11.8 Å². The third kappa shape index (κ3) is 3.18. The normalized spacial score (nSPS) is 32.7. The van der Waals surface area contributed by atoms with Gasteiger partial charge in [-0.25, -0.2) is 0 Å². The van der Waals surface area contributed by atoms with Gasteiger partial charge in [0, 0.05) is 45.8 Å². The Bertz CT molecular complexity index is 838. The van der Waals surface area contributed by atoms with Crippen LogP contribution in [0.15, 0.2) is 36.7 Å². The monoisotopic (exact) mass is 413 g/mol. The summed E-state index contributed by atoms with van der Waals surface area (Å²) in [6.07, 6.45) is 8.66. The Morgan fingerprint density at radius 1 is 1.37 bits per heavy atom. The fourth-order valence-electron chi connectivity index (χ4n) is 5.27. The van der Waals surface area contributed by atoms with Crippen LogP contribution < -0.4 is 4.74 Å². The molecule has 0 N–H and O–H groups in total. The Hall–Kier alpha value is -2.45. The summed E-state index contributed by atoms with van der Waals surface area (Å²) >= 11 is 0. The van der Waals surface area contributed by atoms with E-state index in [1.54, 1.807) is 24.4 Å². The van der Waals surface area contributed by atoms with Crippen molar-refractivity contribution in [2.75, 3.05) is 39.9 Å². The summed E-state index contributed by atoms with van der Waals surface area (Å²) < 4.78 is 17.3. The molecule has 3 fully saturated rings. The zero-order valence-electron chi connectivity index (χ0n) is 17.1. The van der Waals surface area contributed by atoms with Gasteiger partial charge in [0.1, 0.15) is 17.5 Å². The predicted molar refractivity (Wildman–Crippen MR) is 107 cm³/mol. The number of hydrogen-bond donors (Lipinski definition) is 0. The highest BCUT2D eigenvalue weighted by atomic mass is 16.5. The average Bonchev–Trinajstić information content (AvgIpc) is 3.41. The standard InChI is InChI=1S/C22H27N3O5/c1-28-12-11-25-14-22-7-4-17(30-22)18(19(22)21(25)27)20(26)24-9-5-15(6-10-24)29-16-3-2-8-23-13-16/h2-4,7-8,13,15,17-19H,5-6,9-12,14H2,1H3. The Balaban J connectivity index is 1.24. The average molecular weight is 413 g/mol. The van der Waals surface area contributed by atoms with Gasteiger partial charge in [-0.15, -0.1) is 0 Å². The molecule has 5 rings (SSSR count). The van der Waals surface area contributed by atoms with Gasteiger partial charge >= 0.3 is 0 Å². The van der Waals surface area contributed by atoms with Gasteiger partial charge in [-0.05, 0) is 12.1 Å². The summed E-state index contributed by atoms with van der Waals surface area (Å²) in [5.41, 5.74) is -0.655. The molecule has 1 aromatic rings. The van der Waals surface area contributed by atoms with Crippen molar-refractivity contribution in [1.82, 2.24) is 14.8 Å². The Morgan fingerprint density at radius 2 is 2.20 bits per heavy atom. The number of methoxy groups -OCH3 is 1. The van der Waals surface area contributed by atoms with E-state index >= 15 is 0 Å². The van der Waals surface area contributed by atoms with E-state index in [4.69, 9.17) is 14.2 Å². The second-order valence-corrected chi connectivity index (χ2v) is 8.48. The van der Waals surface area contributed by atoms with Gasteiger partial charge in [0.15, 0.2) is 0 Å². The molecular weight excluding hydrogens is 386 g/mol. The van der Waals surface area contributed by atoms with E-state index in [0.29, 0.717) is 32.8 Å². The number of aromatic nitrogens is 1. The van der Waals surface area contributed by atoms with E-state index in [1.807, 2.05) is 29.2 Å².